The summed E-state index contributed by atoms with van der Waals surface area (Å²) in [6, 6.07) is 10.0. The fraction of sp³-hybridized carbons (Fsp3) is 0.500. The molecule has 5 aliphatic rings. The van der Waals surface area contributed by atoms with E-state index in [0.717, 1.165) is 97.2 Å². The number of thiophene rings is 1. The van der Waals surface area contributed by atoms with Gasteiger partial charge < -0.3 is 34.1 Å². The molecule has 1 saturated carbocycles. The Kier molecular flexibility index (Phi) is 12.3. The number of carbonyl (C=O) groups excluding carboxylic acids is 5. The van der Waals surface area contributed by atoms with Crippen LogP contribution in [0.3, 0.4) is 0 Å². The third kappa shape index (κ3) is 8.66. The Morgan fingerprint density at radius 1 is 0.862 bits per heavy atom. The number of nitrogens with one attached hydrogen (secondary N) is 2. The molecule has 1 spiro atoms. The van der Waals surface area contributed by atoms with Crippen molar-refractivity contribution in [3.63, 3.8) is 0 Å². The minimum atomic E-state index is -0.973. The molecule has 16 nitrogen and oxygen atoms in total. The highest BCUT2D eigenvalue weighted by atomic mass is 32.1. The van der Waals surface area contributed by atoms with Gasteiger partial charge in [-0.25, -0.2) is 0 Å². The molecule has 65 heavy (non-hydrogen) atoms. The number of piperidine rings is 2. The predicted molar refractivity (Wildman–Crippen MR) is 248 cm³/mol. The van der Waals surface area contributed by atoms with Crippen LogP contribution in [0.25, 0.3) is 21.2 Å². The molecule has 9 rings (SSSR count). The number of amides is 5. The van der Waals surface area contributed by atoms with Crippen LogP contribution in [0.15, 0.2) is 47.4 Å². The third-order valence-electron chi connectivity index (χ3n) is 14.3. The van der Waals surface area contributed by atoms with Gasteiger partial charge in [0.1, 0.15) is 17.5 Å². The Bertz CT molecular complexity index is 2590. The number of rotatable bonds is 13. The molecule has 2 N–H and O–H groups in total. The fourth-order valence-corrected chi connectivity index (χ4v) is 11.7. The Morgan fingerprint density at radius 2 is 1.52 bits per heavy atom. The zero-order chi connectivity index (χ0) is 45.7. The lowest BCUT2D eigenvalue weighted by Crippen LogP contribution is -2.54. The molecule has 4 fully saturated rings. The molecular formula is C48H58N8O8S. The van der Waals surface area contributed by atoms with Crippen molar-refractivity contribution >= 4 is 56.6 Å². The number of likely N-dealkylation sites (tertiary alicyclic amines) is 1. The van der Waals surface area contributed by atoms with Crippen molar-refractivity contribution in [2.75, 3.05) is 92.1 Å². The summed E-state index contributed by atoms with van der Waals surface area (Å²) in [4.78, 5) is 88.4. The average molecular weight is 907 g/mol. The van der Waals surface area contributed by atoms with Crippen LogP contribution in [0.4, 0.5) is 5.69 Å². The van der Waals surface area contributed by atoms with Crippen LogP contribution < -0.4 is 30.6 Å². The molecular weight excluding hydrogens is 849 g/mol. The molecule has 4 aromatic rings. The van der Waals surface area contributed by atoms with E-state index in [-0.39, 0.29) is 24.3 Å². The monoisotopic (exact) mass is 906 g/mol. The summed E-state index contributed by atoms with van der Waals surface area (Å²) in [5, 5.41) is 5.96. The van der Waals surface area contributed by atoms with Crippen LogP contribution in [-0.2, 0) is 23.2 Å². The minimum Gasteiger partial charge on any atom is -0.496 e. The van der Waals surface area contributed by atoms with E-state index >= 15 is 0 Å². The van der Waals surface area contributed by atoms with E-state index in [9.17, 15) is 28.8 Å². The highest BCUT2D eigenvalue weighted by Gasteiger charge is 2.46. The van der Waals surface area contributed by atoms with Gasteiger partial charge in [-0.2, -0.15) is 0 Å². The number of fused-ring (bicyclic) bond motifs is 2. The molecule has 17 heteroatoms. The summed E-state index contributed by atoms with van der Waals surface area (Å²) in [7, 11) is 8.99. The second-order valence-electron chi connectivity index (χ2n) is 18.7. The Balaban J connectivity index is 0.728. The second kappa shape index (κ2) is 18.0. The zero-order valence-corrected chi connectivity index (χ0v) is 38.7. The number of hydrogen-bond donors (Lipinski definition) is 2. The Morgan fingerprint density at radius 3 is 2.17 bits per heavy atom. The number of nitrogens with zero attached hydrogens (tertiary/aromatic N) is 6. The maximum Gasteiger partial charge on any atom is 0.262 e. The number of benzene rings is 2. The van der Waals surface area contributed by atoms with Crippen molar-refractivity contribution in [1.82, 2.24) is 34.8 Å². The van der Waals surface area contributed by atoms with Crippen LogP contribution in [0, 0.1) is 11.3 Å². The lowest BCUT2D eigenvalue weighted by atomic mass is 9.57. The van der Waals surface area contributed by atoms with Crippen LogP contribution in [-0.4, -0.2) is 147 Å². The maximum absolute atomic E-state index is 13.6. The average Bonchev–Trinajstić information content (AvgIpc) is 3.84. The largest absolute Gasteiger partial charge is 0.496 e. The number of imide groups is 2. The van der Waals surface area contributed by atoms with Crippen LogP contribution in [0.1, 0.15) is 74.5 Å². The fourth-order valence-electron chi connectivity index (χ4n) is 10.6. The molecule has 0 bridgehead atoms. The molecule has 2 aromatic carbocycles. The number of aryl methyl sites for hydroxylation is 1. The molecule has 4 aliphatic heterocycles. The summed E-state index contributed by atoms with van der Waals surface area (Å²) in [5.41, 5.74) is 4.31. The van der Waals surface area contributed by atoms with Gasteiger partial charge in [0.15, 0.2) is 0 Å². The van der Waals surface area contributed by atoms with Crippen LogP contribution in [0.5, 0.6) is 11.5 Å². The lowest BCUT2D eigenvalue weighted by molar-refractivity contribution is -0.136. The number of piperazine rings is 1. The van der Waals surface area contributed by atoms with Gasteiger partial charge in [-0.15, -0.1) is 11.3 Å². The van der Waals surface area contributed by atoms with Gasteiger partial charge in [-0.05, 0) is 113 Å². The molecule has 1 aliphatic carbocycles. The summed E-state index contributed by atoms with van der Waals surface area (Å²) in [6.07, 6.45) is 6.61. The molecule has 5 amide bonds. The van der Waals surface area contributed by atoms with Gasteiger partial charge in [0.2, 0.25) is 11.8 Å². The van der Waals surface area contributed by atoms with Gasteiger partial charge in [-0.1, -0.05) is 0 Å². The topological polar surface area (TPSA) is 166 Å². The van der Waals surface area contributed by atoms with Gasteiger partial charge in [0, 0.05) is 88.0 Å². The van der Waals surface area contributed by atoms with Crippen molar-refractivity contribution in [1.29, 1.82) is 0 Å². The number of pyridine rings is 1. The normalized spacial score (nSPS) is 20.4. The Hall–Kier alpha value is -5.62. The molecule has 1 atom stereocenters. The number of anilines is 1. The van der Waals surface area contributed by atoms with Crippen LogP contribution in [0.2, 0.25) is 0 Å². The predicted octanol–water partition coefficient (Wildman–Crippen LogP) is 3.79. The smallest absolute Gasteiger partial charge is 0.262 e. The number of carbonyl (C=O) groups is 5. The molecule has 0 radical (unpaired) electrons. The molecule has 2 aromatic heterocycles. The van der Waals surface area contributed by atoms with E-state index in [0.29, 0.717) is 57.3 Å². The molecule has 3 saturated heterocycles. The van der Waals surface area contributed by atoms with Crippen LogP contribution >= 0.6 is 11.3 Å². The summed E-state index contributed by atoms with van der Waals surface area (Å²) >= 11 is 1.35. The first kappa shape index (κ1) is 44.6. The van der Waals surface area contributed by atoms with Gasteiger partial charge in [-0.3, -0.25) is 43.9 Å². The maximum atomic E-state index is 13.6. The van der Waals surface area contributed by atoms with Crippen molar-refractivity contribution < 1.29 is 33.4 Å². The number of hydrogen-bond acceptors (Lipinski definition) is 13. The van der Waals surface area contributed by atoms with E-state index < -0.39 is 29.7 Å². The van der Waals surface area contributed by atoms with E-state index in [2.05, 4.69) is 30.2 Å². The number of methoxy groups -OCH3 is 2. The highest BCUT2D eigenvalue weighted by molar-refractivity contribution is 7.21. The highest BCUT2D eigenvalue weighted by Crippen LogP contribution is 2.52. The minimum absolute atomic E-state index is 0.0915. The van der Waals surface area contributed by atoms with Crippen molar-refractivity contribution in [3.05, 3.63) is 74.5 Å². The van der Waals surface area contributed by atoms with E-state index in [1.165, 1.54) is 24.2 Å². The quantitative estimate of drug-likeness (QED) is 0.187. The SMILES string of the molecule is COc1cc(-c2cn(C)c(=O)c3cc(C(=O)NCC4CC5(CCN(CCN6CCN(c7ccc8c(c7)C(=O)N(C7CCC(=O)NC7=O)C8=O)CC6)CC5)C4)sc23)cc(OC)c1CN(C)C. The van der Waals surface area contributed by atoms with Gasteiger partial charge >= 0.3 is 0 Å². The Labute approximate surface area is 382 Å². The van der Waals surface area contributed by atoms with E-state index in [4.69, 9.17) is 9.47 Å². The van der Waals surface area contributed by atoms with Crippen molar-refractivity contribution in [2.24, 2.45) is 18.4 Å². The first-order valence-electron chi connectivity index (χ1n) is 22.6. The van der Waals surface area contributed by atoms with Crippen molar-refractivity contribution in [3.8, 4) is 22.6 Å². The first-order valence-corrected chi connectivity index (χ1v) is 23.4. The lowest BCUT2D eigenvalue weighted by Gasteiger charge is -2.52. The van der Waals surface area contributed by atoms with Gasteiger partial charge in [0.25, 0.3) is 23.3 Å². The molecule has 6 heterocycles. The molecule has 1 unspecified atom stereocenters. The standard InChI is InChI=1S/C48H58N8O8S/c1-51(2)27-36-38(63-4)20-30(21-39(36)64-5)35-28-52(3)45(60)34-23-40(65-42(34)35)44(59)49-26-29-24-48(25-29)10-12-53(13-11-48)14-15-54-16-18-55(19-17-54)31-6-7-32-33(22-31)47(62)56(46(32)61)37-8-9-41(57)50-43(37)58/h6-7,20-23,28-29,37H,8-19,24-27H2,1-5H3,(H,49,59)(H,50,57,58). The van der Waals surface area contributed by atoms with E-state index in [1.807, 2.05) is 38.5 Å². The van der Waals surface area contributed by atoms with E-state index in [1.54, 1.807) is 44.0 Å². The first-order chi connectivity index (χ1) is 31.2. The number of ether oxygens (including phenoxy) is 2. The number of aromatic nitrogens is 1. The summed E-state index contributed by atoms with van der Waals surface area (Å²) in [6.45, 7) is 8.82. The summed E-state index contributed by atoms with van der Waals surface area (Å²) < 4.78 is 13.9. The molecule has 344 valence electrons. The third-order valence-corrected chi connectivity index (χ3v) is 15.4. The second-order valence-corrected chi connectivity index (χ2v) is 19.8. The summed E-state index contributed by atoms with van der Waals surface area (Å²) in [5.74, 6) is -0.291. The van der Waals surface area contributed by atoms with Crippen molar-refractivity contribution in [2.45, 2.75) is 51.1 Å². The van der Waals surface area contributed by atoms with Gasteiger partial charge in [0.05, 0.1) is 41.2 Å². The zero-order valence-electron chi connectivity index (χ0n) is 37.9.